The maximum Gasteiger partial charge on any atom is 0.336 e. The van der Waals surface area contributed by atoms with Crippen molar-refractivity contribution in [2.75, 3.05) is 52.8 Å². The Morgan fingerprint density at radius 3 is 2.03 bits per heavy atom. The number of fused-ring (bicyclic) bond motifs is 4. The van der Waals surface area contributed by atoms with Gasteiger partial charge in [-0.3, -0.25) is 28.1 Å². The van der Waals surface area contributed by atoms with Crippen molar-refractivity contribution in [1.29, 1.82) is 0 Å². The molecule has 26 heteroatoms. The molecule has 10 rings (SSSR count). The Hall–Kier alpha value is -7.80. The van der Waals surface area contributed by atoms with E-state index < -0.39 is 47.7 Å². The predicted molar refractivity (Wildman–Crippen MR) is 322 cm³/mol. The first kappa shape index (κ1) is 64.7. The monoisotopic (exact) mass is 1260 g/mol. The summed E-state index contributed by atoms with van der Waals surface area (Å²) in [5.74, 6) is 5.26. The van der Waals surface area contributed by atoms with E-state index in [1.54, 1.807) is 43.0 Å². The van der Waals surface area contributed by atoms with Gasteiger partial charge < -0.3 is 63.0 Å². The van der Waals surface area contributed by atoms with E-state index in [-0.39, 0.29) is 51.6 Å². The number of aromatic hydroxyl groups is 1. The summed E-state index contributed by atoms with van der Waals surface area (Å²) >= 11 is 0. The second-order valence-electron chi connectivity index (χ2n) is 22.0. The number of anilines is 1. The Morgan fingerprint density at radius 2 is 1.41 bits per heavy atom. The van der Waals surface area contributed by atoms with Gasteiger partial charge in [-0.15, -0.1) is 11.8 Å². The SMILES string of the molecule is CC#CCCC1(NC(=O)c2ccc(-c3c4ccc(=[N+](C)C)cc-4oc4cc(N(C)C)ccc34)c(C)c2)CCN(C(=O)c2ccc(-c3c4ccc(=O)cc-4oc4cc(O)ccc34)c(C(=O)O)c2)CC1.C[C@H]1CC[C@@H](COP(=O)([O-])OP(=O)([O-])OP(=O)([O-])O)O1. The summed E-state index contributed by atoms with van der Waals surface area (Å²) in [6.45, 7) is 5.72. The fraction of sp³-hybridized carbons (Fsp3) is 0.306. The Labute approximate surface area is 505 Å². The summed E-state index contributed by atoms with van der Waals surface area (Å²) < 4.78 is 62.8. The number of phosphoric acid groups is 3. The lowest BCUT2D eigenvalue weighted by Crippen LogP contribution is -2.56. The Kier molecular flexibility index (Phi) is 19.2. The molecule has 3 unspecified atom stereocenters. The summed E-state index contributed by atoms with van der Waals surface area (Å²) in [7, 11) is -8.92. The fourth-order valence-corrected chi connectivity index (χ4v) is 13.9. The van der Waals surface area contributed by atoms with Crippen molar-refractivity contribution in [3.8, 4) is 62.5 Å². The normalized spacial score (nSPS) is 17.6. The summed E-state index contributed by atoms with van der Waals surface area (Å²) in [5.41, 5.74) is 6.93. The van der Waals surface area contributed by atoms with Gasteiger partial charge in [0.25, 0.3) is 35.3 Å². The number of amides is 2. The third kappa shape index (κ3) is 15.0. The zero-order chi connectivity index (χ0) is 63.6. The molecule has 6 aliphatic rings. The van der Waals surface area contributed by atoms with Gasteiger partial charge in [0.2, 0.25) is 5.36 Å². The molecule has 2 amide bonds. The molecule has 0 bridgehead atoms. The van der Waals surface area contributed by atoms with Crippen LogP contribution in [0, 0.1) is 18.8 Å². The van der Waals surface area contributed by atoms with Crippen molar-refractivity contribution in [3.05, 3.63) is 147 Å². The van der Waals surface area contributed by atoms with E-state index in [0.29, 0.717) is 79.3 Å². The van der Waals surface area contributed by atoms with Crippen molar-refractivity contribution in [2.24, 2.45) is 0 Å². The number of piperidine rings is 1. The summed E-state index contributed by atoms with van der Waals surface area (Å²) in [6.07, 6.45) is 2.64. The highest BCUT2D eigenvalue weighted by atomic mass is 31.3. The van der Waals surface area contributed by atoms with Gasteiger partial charge >= 0.3 is 5.97 Å². The molecule has 462 valence electrons. The van der Waals surface area contributed by atoms with E-state index >= 15 is 0 Å². The number of rotatable bonds is 16. The van der Waals surface area contributed by atoms with E-state index in [1.165, 1.54) is 30.3 Å². The number of nitrogens with one attached hydrogen (secondary N) is 1. The maximum atomic E-state index is 14.3. The van der Waals surface area contributed by atoms with Gasteiger partial charge in [-0.2, -0.15) is 0 Å². The number of nitrogens with zero attached hydrogens (tertiary/aromatic N) is 3. The summed E-state index contributed by atoms with van der Waals surface area (Å²) in [6, 6.07) is 31.6. The van der Waals surface area contributed by atoms with Crippen LogP contribution in [0.1, 0.15) is 89.0 Å². The Balaban J connectivity index is 0.000000393. The number of carbonyl (C=O) groups is 3. The Bertz CT molecular complexity index is 4320. The lowest BCUT2D eigenvalue weighted by atomic mass is 9.82. The average molecular weight is 1260 g/mol. The molecule has 4 heterocycles. The number of likely N-dealkylation sites (tertiary alicyclic amines) is 1. The number of phenols is 1. The molecule has 4 N–H and O–H groups in total. The van der Waals surface area contributed by atoms with Crippen LogP contribution < -0.4 is 40.3 Å². The molecule has 2 fully saturated rings. The number of aryl methyl sites for hydroxylation is 1. The highest BCUT2D eigenvalue weighted by Gasteiger charge is 2.38. The van der Waals surface area contributed by atoms with Gasteiger partial charge in [-0.1, -0.05) is 12.1 Å². The largest absolute Gasteiger partial charge is 0.756 e. The molecule has 5 atom stereocenters. The van der Waals surface area contributed by atoms with Crippen molar-refractivity contribution in [3.63, 3.8) is 0 Å². The number of hydrogen-bond acceptors (Lipinski definition) is 18. The maximum absolute atomic E-state index is 14.3. The second kappa shape index (κ2) is 26.1. The first-order valence-corrected chi connectivity index (χ1v) is 32.2. The van der Waals surface area contributed by atoms with E-state index in [9.17, 15) is 57.8 Å². The molecule has 4 aliphatic heterocycles. The number of phenolic OH excluding ortho intramolecular Hbond substituents is 1. The van der Waals surface area contributed by atoms with Crippen LogP contribution in [0.15, 0.2) is 123 Å². The minimum atomic E-state index is -5.83. The highest BCUT2D eigenvalue weighted by molar-refractivity contribution is 7.65. The highest BCUT2D eigenvalue weighted by Crippen LogP contribution is 2.61. The first-order valence-electron chi connectivity index (χ1n) is 27.8. The van der Waals surface area contributed by atoms with Crippen LogP contribution in [0.25, 0.3) is 66.8 Å². The third-order valence-corrected chi connectivity index (χ3v) is 19.0. The van der Waals surface area contributed by atoms with Crippen molar-refractivity contribution >= 4 is 68.9 Å². The molecular weight excluding hydrogens is 1200 g/mol. The van der Waals surface area contributed by atoms with Gasteiger partial charge in [0, 0.05) is 113 Å². The quantitative estimate of drug-likeness (QED) is 0.0307. The number of hydrogen-bond donors (Lipinski definition) is 4. The number of carboxylic acid groups (broad SMARTS) is 1. The molecule has 0 spiro atoms. The van der Waals surface area contributed by atoms with E-state index in [1.807, 2.05) is 62.8 Å². The van der Waals surface area contributed by atoms with Gasteiger partial charge in [-0.25, -0.2) is 18.0 Å². The summed E-state index contributed by atoms with van der Waals surface area (Å²) in [4.78, 5) is 97.9. The van der Waals surface area contributed by atoms with Gasteiger partial charge in [0.15, 0.2) is 5.43 Å². The van der Waals surface area contributed by atoms with Crippen LogP contribution in [0.2, 0.25) is 0 Å². The number of benzene rings is 6. The molecule has 4 aromatic rings. The number of carboxylic acids is 1. The second-order valence-corrected chi connectivity index (χ2v) is 26.2. The number of phosphoric ester groups is 1. The predicted octanol–water partition coefficient (Wildman–Crippen LogP) is 8.10. The topological polar surface area (TPSA) is 334 Å². The van der Waals surface area contributed by atoms with Crippen molar-refractivity contribution < 1.29 is 84.6 Å². The molecule has 23 nitrogen and oxygen atoms in total. The number of carbonyl (C=O) groups excluding carboxylic acids is 2. The van der Waals surface area contributed by atoms with Crippen molar-refractivity contribution in [2.45, 2.75) is 77.0 Å². The molecule has 0 saturated carbocycles. The fourth-order valence-electron chi connectivity index (χ4n) is 11.0. The zero-order valence-electron chi connectivity index (χ0n) is 49.0. The minimum Gasteiger partial charge on any atom is -0.756 e. The molecule has 4 aromatic carbocycles. The molecular formula is C62H63N4O19P3-2. The Morgan fingerprint density at radius 1 is 0.784 bits per heavy atom. The van der Waals surface area contributed by atoms with Crippen LogP contribution in [0.4, 0.5) is 5.69 Å². The van der Waals surface area contributed by atoms with E-state index in [4.69, 9.17) is 18.5 Å². The van der Waals surface area contributed by atoms with Crippen LogP contribution in [-0.4, -0.2) is 103 Å². The van der Waals surface area contributed by atoms with E-state index in [2.05, 4.69) is 66.7 Å². The molecule has 2 saturated heterocycles. The molecule has 88 heavy (non-hydrogen) atoms. The standard InChI is InChI=1S/C56H50N4O8.C6H15O11P3/c1-7-8-9-22-56(57-53(63)34-10-16-40(33(2)27-34)51-42-18-12-36(58(3)4)29-47(42)67-48-30-37(59(5)6)13-19-43(48)51)23-25-60(26-24-56)54(64)35-11-17-41(46(28-35)55(65)66)52-44-20-14-38(61)31-49(44)68-50-32-39(62)15-21-45(50)52;1-5-2-3-6(15-5)4-14-19(10,11)17-20(12,13)16-18(7,8)9/h10-21,27-32H,9,22-26H2,1-6H3,(H2-,57,61,62,63,65,66);5-6H,2-4H2,1H3,(H,10,11)(H,12,13)(H2,7,8,9)/p-2/t;5-,6-/m.0/s1. The van der Waals surface area contributed by atoms with Crippen LogP contribution in [0.5, 0.6) is 5.75 Å². The van der Waals surface area contributed by atoms with Gasteiger partial charge in [0.05, 0.1) is 30.4 Å². The first-order chi connectivity index (χ1) is 41.5. The van der Waals surface area contributed by atoms with Crippen molar-refractivity contribution in [1.82, 2.24) is 14.8 Å². The lowest BCUT2D eigenvalue weighted by Gasteiger charge is -2.42. The number of ether oxygens (including phenoxy) is 1. The molecule has 0 aromatic heterocycles. The smallest absolute Gasteiger partial charge is 0.336 e. The van der Waals surface area contributed by atoms with Gasteiger partial charge in [0.1, 0.15) is 42.5 Å². The average Bonchev–Trinajstić information content (AvgIpc) is 0.855. The van der Waals surface area contributed by atoms with Crippen LogP contribution in [0.3, 0.4) is 0 Å². The number of aromatic carboxylic acids is 1. The third-order valence-electron chi connectivity index (χ3n) is 15.4. The molecule has 2 aliphatic carbocycles. The van der Waals surface area contributed by atoms with Gasteiger partial charge in [-0.05, 0) is 136 Å². The van der Waals surface area contributed by atoms with E-state index in [0.717, 1.165) is 50.0 Å². The minimum absolute atomic E-state index is 0.0571. The van der Waals surface area contributed by atoms with Crippen LogP contribution in [-0.2, 0) is 31.6 Å². The van der Waals surface area contributed by atoms with Crippen LogP contribution >= 0.6 is 23.5 Å². The lowest BCUT2D eigenvalue weighted by molar-refractivity contribution is -0.250. The molecule has 0 radical (unpaired) electrons. The zero-order valence-corrected chi connectivity index (χ0v) is 51.7. The summed E-state index contributed by atoms with van der Waals surface area (Å²) in [5, 5.41) is 26.7.